The lowest BCUT2D eigenvalue weighted by molar-refractivity contribution is -0.689. The fraction of sp³-hybridized carbons (Fsp3) is 0.467. The number of aryl methyl sites for hydroxylation is 1. The van der Waals surface area contributed by atoms with Gasteiger partial charge in [0.05, 0.1) is 25.5 Å². The van der Waals surface area contributed by atoms with Crippen LogP contribution < -0.4 is 36.3 Å². The van der Waals surface area contributed by atoms with Crippen LogP contribution >= 0.6 is 11.3 Å². The van der Waals surface area contributed by atoms with E-state index in [4.69, 9.17) is 9.47 Å². The lowest BCUT2D eigenvalue weighted by Gasteiger charge is -2.15. The number of rotatable bonds is 16. The molecule has 7 heteroatoms. The minimum absolute atomic E-state index is 0. The molecule has 0 spiro atoms. The Morgan fingerprint density at radius 3 is 2.32 bits per heavy atom. The highest BCUT2D eigenvalue weighted by Crippen LogP contribution is 2.32. The first kappa shape index (κ1) is 30.8. The third kappa shape index (κ3) is 10.5. The predicted octanol–water partition coefficient (Wildman–Crippen LogP) is 4.11. The van der Waals surface area contributed by atoms with Gasteiger partial charge < -0.3 is 31.8 Å². The molecule has 37 heavy (non-hydrogen) atoms. The molecule has 0 fully saturated rings. The minimum Gasteiger partial charge on any atom is -1.00 e. The summed E-state index contributed by atoms with van der Waals surface area (Å²) in [7, 11) is 1.64. The zero-order chi connectivity index (χ0) is 25.6. The SMILES string of the molecule is CCCCCCCCCCOc1c(CC(=O)Nc2ccc(C[n+]3ccsc3C)cc2)cccc1OC.[Br-]. The summed E-state index contributed by atoms with van der Waals surface area (Å²) >= 11 is 1.74. The number of thiazole rings is 1. The van der Waals surface area contributed by atoms with Crippen LogP contribution in [0.1, 0.15) is 74.4 Å². The van der Waals surface area contributed by atoms with Gasteiger partial charge in [-0.3, -0.25) is 4.79 Å². The van der Waals surface area contributed by atoms with Crippen LogP contribution in [-0.4, -0.2) is 19.6 Å². The quantitative estimate of drug-likeness (QED) is 0.202. The number of hydrogen-bond donors (Lipinski definition) is 1. The third-order valence-electron chi connectivity index (χ3n) is 6.35. The van der Waals surface area contributed by atoms with E-state index in [1.54, 1.807) is 18.4 Å². The predicted molar refractivity (Wildman–Crippen MR) is 148 cm³/mol. The summed E-state index contributed by atoms with van der Waals surface area (Å²) in [6.07, 6.45) is 12.3. The average Bonchev–Trinajstić information content (AvgIpc) is 3.28. The maximum Gasteiger partial charge on any atom is 0.234 e. The maximum absolute atomic E-state index is 12.8. The van der Waals surface area contributed by atoms with Gasteiger partial charge in [0.25, 0.3) is 0 Å². The van der Waals surface area contributed by atoms with Gasteiger partial charge in [-0.2, -0.15) is 4.57 Å². The summed E-state index contributed by atoms with van der Waals surface area (Å²) in [4.78, 5) is 12.8. The molecule has 0 aliphatic rings. The van der Waals surface area contributed by atoms with Gasteiger partial charge in [-0.1, -0.05) is 87.5 Å². The number of nitrogens with one attached hydrogen (secondary N) is 1. The van der Waals surface area contributed by atoms with Crippen molar-refractivity contribution in [3.8, 4) is 11.5 Å². The van der Waals surface area contributed by atoms with Crippen LogP contribution in [0.25, 0.3) is 0 Å². The molecular formula is C30H41BrN2O3S. The smallest absolute Gasteiger partial charge is 0.234 e. The number of hydrogen-bond acceptors (Lipinski definition) is 4. The molecule has 1 N–H and O–H groups in total. The van der Waals surface area contributed by atoms with E-state index in [9.17, 15) is 4.79 Å². The normalized spacial score (nSPS) is 10.6. The Balaban J connectivity index is 0.00000481. The van der Waals surface area contributed by atoms with Crippen LogP contribution in [0.5, 0.6) is 11.5 Å². The van der Waals surface area contributed by atoms with Gasteiger partial charge in [0.2, 0.25) is 10.9 Å². The summed E-state index contributed by atoms with van der Waals surface area (Å²) in [5.41, 5.74) is 2.83. The molecule has 202 valence electrons. The monoisotopic (exact) mass is 588 g/mol. The molecule has 0 aliphatic heterocycles. The molecule has 0 saturated heterocycles. The molecule has 0 bridgehead atoms. The number of para-hydroxylation sites is 1. The minimum atomic E-state index is -0.0732. The zero-order valence-electron chi connectivity index (χ0n) is 22.4. The number of benzene rings is 2. The van der Waals surface area contributed by atoms with Gasteiger partial charge in [-0.25, -0.2) is 0 Å². The van der Waals surface area contributed by atoms with Crippen molar-refractivity contribution in [3.05, 3.63) is 70.2 Å². The molecule has 3 rings (SSSR count). The largest absolute Gasteiger partial charge is 1.00 e. The first-order chi connectivity index (χ1) is 17.6. The van der Waals surface area contributed by atoms with Crippen LogP contribution in [0.2, 0.25) is 0 Å². The number of carbonyl (C=O) groups excluding carboxylic acids is 1. The number of nitrogens with zero attached hydrogens (tertiary/aromatic N) is 1. The van der Waals surface area contributed by atoms with Crippen LogP contribution in [0.4, 0.5) is 5.69 Å². The second-order valence-electron chi connectivity index (χ2n) is 9.24. The standard InChI is InChI=1S/C30H40N2O3S.BrH/c1-4-5-6-7-8-9-10-11-20-35-30-26(13-12-14-28(30)34-3)22-29(33)31-27-17-15-25(16-18-27)23-32-19-21-36-24(32)2;/h12-19,21H,4-11,20,22-23H2,1-3H3;1H. The Labute approximate surface area is 237 Å². The molecule has 0 atom stereocenters. The maximum atomic E-state index is 12.8. The molecule has 0 aliphatic carbocycles. The highest BCUT2D eigenvalue weighted by molar-refractivity contribution is 7.09. The van der Waals surface area contributed by atoms with Crippen molar-refractivity contribution in [1.82, 2.24) is 0 Å². The fourth-order valence-corrected chi connectivity index (χ4v) is 4.91. The topological polar surface area (TPSA) is 51.4 Å². The third-order valence-corrected chi connectivity index (χ3v) is 7.18. The second-order valence-corrected chi connectivity index (χ2v) is 10.3. The van der Waals surface area contributed by atoms with Gasteiger partial charge >= 0.3 is 0 Å². The van der Waals surface area contributed by atoms with Crippen molar-refractivity contribution in [2.24, 2.45) is 0 Å². The number of amides is 1. The fourth-order valence-electron chi connectivity index (χ4n) is 4.24. The van der Waals surface area contributed by atoms with Crippen LogP contribution in [-0.2, 0) is 17.8 Å². The van der Waals surface area contributed by atoms with Crippen LogP contribution in [0, 0.1) is 6.92 Å². The van der Waals surface area contributed by atoms with Crippen molar-refractivity contribution in [2.75, 3.05) is 19.0 Å². The van der Waals surface area contributed by atoms with E-state index in [0.29, 0.717) is 18.1 Å². The molecular weight excluding hydrogens is 548 g/mol. The Morgan fingerprint density at radius 2 is 1.68 bits per heavy atom. The molecule has 0 saturated carbocycles. The van der Waals surface area contributed by atoms with E-state index >= 15 is 0 Å². The molecule has 3 aromatic rings. The molecule has 1 aromatic heterocycles. The highest BCUT2D eigenvalue weighted by atomic mass is 79.9. The Hall–Kier alpha value is -2.38. The summed E-state index contributed by atoms with van der Waals surface area (Å²) in [6, 6.07) is 13.8. The number of aromatic nitrogens is 1. The zero-order valence-corrected chi connectivity index (χ0v) is 24.8. The molecule has 1 heterocycles. The van der Waals surface area contributed by atoms with Gasteiger partial charge in [-0.15, -0.1) is 0 Å². The summed E-state index contributed by atoms with van der Waals surface area (Å²) in [6.45, 7) is 5.82. The van der Waals surface area contributed by atoms with E-state index in [2.05, 4.69) is 47.4 Å². The van der Waals surface area contributed by atoms with Crippen LogP contribution in [0.3, 0.4) is 0 Å². The highest BCUT2D eigenvalue weighted by Gasteiger charge is 2.15. The van der Waals surface area contributed by atoms with Gasteiger partial charge in [-0.05, 0) is 24.6 Å². The van der Waals surface area contributed by atoms with Crippen LogP contribution in [0.15, 0.2) is 54.0 Å². The number of methoxy groups -OCH3 is 1. The van der Waals surface area contributed by atoms with E-state index in [1.165, 1.54) is 49.1 Å². The van der Waals surface area contributed by atoms with E-state index < -0.39 is 0 Å². The number of ether oxygens (including phenoxy) is 2. The molecule has 0 unspecified atom stereocenters. The van der Waals surface area contributed by atoms with Crippen molar-refractivity contribution in [2.45, 2.75) is 78.2 Å². The molecule has 2 aromatic carbocycles. The lowest BCUT2D eigenvalue weighted by Crippen LogP contribution is -3.00. The van der Waals surface area contributed by atoms with Gasteiger partial charge in [0, 0.05) is 23.7 Å². The van der Waals surface area contributed by atoms with Crippen molar-refractivity contribution in [1.29, 1.82) is 0 Å². The second kappa shape index (κ2) is 17.2. The number of halogens is 1. The van der Waals surface area contributed by atoms with Gasteiger partial charge in [0.15, 0.2) is 24.2 Å². The van der Waals surface area contributed by atoms with E-state index in [1.807, 2.05) is 30.3 Å². The molecule has 5 nitrogen and oxygen atoms in total. The summed E-state index contributed by atoms with van der Waals surface area (Å²) < 4.78 is 13.9. The Bertz CT molecular complexity index is 1070. The van der Waals surface area contributed by atoms with Crippen molar-refractivity contribution in [3.63, 3.8) is 0 Å². The molecule has 1 amide bonds. The number of unbranched alkanes of at least 4 members (excludes halogenated alkanes) is 7. The molecule has 0 radical (unpaired) electrons. The first-order valence-corrected chi connectivity index (χ1v) is 14.1. The van der Waals surface area contributed by atoms with Crippen molar-refractivity contribution >= 4 is 22.9 Å². The average molecular weight is 590 g/mol. The summed E-state index contributed by atoms with van der Waals surface area (Å²) in [5, 5.41) is 6.38. The Morgan fingerprint density at radius 1 is 0.973 bits per heavy atom. The summed E-state index contributed by atoms with van der Waals surface area (Å²) in [5.74, 6) is 1.28. The first-order valence-electron chi connectivity index (χ1n) is 13.2. The number of anilines is 1. The van der Waals surface area contributed by atoms with E-state index in [-0.39, 0.29) is 29.3 Å². The number of carbonyl (C=O) groups is 1. The Kier molecular flexibility index (Phi) is 14.3. The van der Waals surface area contributed by atoms with Crippen molar-refractivity contribution < 1.29 is 35.8 Å². The van der Waals surface area contributed by atoms with Gasteiger partial charge in [0.1, 0.15) is 0 Å². The lowest BCUT2D eigenvalue weighted by atomic mass is 10.1. The van der Waals surface area contributed by atoms with E-state index in [0.717, 1.165) is 30.6 Å².